The molecule has 1 saturated carbocycles. The Morgan fingerprint density at radius 1 is 1.32 bits per heavy atom. The Morgan fingerprint density at radius 3 is 2.58 bits per heavy atom. The second-order valence-electron chi connectivity index (χ2n) is 4.22. The van der Waals surface area contributed by atoms with E-state index in [2.05, 4.69) is 10.6 Å². The average molecular weight is 267 g/mol. The molecule has 102 valence electrons. The summed E-state index contributed by atoms with van der Waals surface area (Å²) >= 11 is 0. The van der Waals surface area contributed by atoms with E-state index in [1.54, 1.807) is 0 Å². The highest BCUT2D eigenvalue weighted by atomic mass is 16.6. The van der Waals surface area contributed by atoms with Gasteiger partial charge in [0.25, 0.3) is 5.91 Å². The van der Waals surface area contributed by atoms with Gasteiger partial charge in [-0.05, 0) is 18.9 Å². The lowest BCUT2D eigenvalue weighted by molar-refractivity contribution is -0.402. The van der Waals surface area contributed by atoms with Crippen LogP contribution in [0.1, 0.15) is 23.4 Å². The molecule has 1 fully saturated rings. The van der Waals surface area contributed by atoms with E-state index in [4.69, 9.17) is 4.42 Å². The number of nitrogens with zero attached hydrogens (tertiary/aromatic N) is 1. The quantitative estimate of drug-likeness (QED) is 0.441. The first-order valence-electron chi connectivity index (χ1n) is 5.88. The minimum absolute atomic E-state index is 0.00267. The van der Waals surface area contributed by atoms with Crippen molar-refractivity contribution in [1.82, 2.24) is 10.6 Å². The Kier molecular flexibility index (Phi) is 3.79. The molecule has 1 heterocycles. The van der Waals surface area contributed by atoms with Crippen LogP contribution >= 0.6 is 0 Å². The van der Waals surface area contributed by atoms with Crippen LogP contribution in [-0.4, -0.2) is 29.8 Å². The maximum Gasteiger partial charge on any atom is 0.433 e. The van der Waals surface area contributed by atoms with E-state index in [1.165, 1.54) is 6.07 Å². The van der Waals surface area contributed by atoms with Gasteiger partial charge in [-0.15, -0.1) is 0 Å². The molecular weight excluding hydrogens is 254 g/mol. The van der Waals surface area contributed by atoms with Crippen molar-refractivity contribution in [1.29, 1.82) is 0 Å². The standard InChI is InChI=1S/C11H13N3O5/c15-10(7-1-2-7)12-5-6-13-11(16)8-3-4-9(19-8)14(17)18/h3-4,7H,1-2,5-6H2,(H,12,15)(H,13,16). The first-order chi connectivity index (χ1) is 9.08. The van der Waals surface area contributed by atoms with Crippen molar-refractivity contribution in [3.8, 4) is 0 Å². The van der Waals surface area contributed by atoms with Crippen LogP contribution in [0.5, 0.6) is 0 Å². The molecule has 0 radical (unpaired) electrons. The topological polar surface area (TPSA) is 114 Å². The summed E-state index contributed by atoms with van der Waals surface area (Å²) in [6.45, 7) is 0.565. The molecule has 0 atom stereocenters. The van der Waals surface area contributed by atoms with Gasteiger partial charge in [-0.25, -0.2) is 0 Å². The smallest absolute Gasteiger partial charge is 0.395 e. The van der Waals surface area contributed by atoms with Crippen molar-refractivity contribution in [2.24, 2.45) is 5.92 Å². The molecular formula is C11H13N3O5. The fourth-order valence-corrected chi connectivity index (χ4v) is 1.49. The van der Waals surface area contributed by atoms with Crippen molar-refractivity contribution in [3.63, 3.8) is 0 Å². The van der Waals surface area contributed by atoms with Crippen LogP contribution in [0.15, 0.2) is 16.5 Å². The molecule has 1 aliphatic carbocycles. The predicted octanol–water partition coefficient (Wildman–Crippen LogP) is 0.444. The lowest BCUT2D eigenvalue weighted by Gasteiger charge is -2.04. The zero-order chi connectivity index (χ0) is 13.8. The minimum Gasteiger partial charge on any atom is -0.395 e. The van der Waals surface area contributed by atoms with Gasteiger partial charge in [-0.1, -0.05) is 0 Å². The number of carbonyl (C=O) groups excluding carboxylic acids is 2. The van der Waals surface area contributed by atoms with E-state index in [1.807, 2.05) is 0 Å². The lowest BCUT2D eigenvalue weighted by atomic mass is 10.4. The summed E-state index contributed by atoms with van der Waals surface area (Å²) in [4.78, 5) is 32.5. The predicted molar refractivity (Wildman–Crippen MR) is 63.4 cm³/mol. The number of furan rings is 1. The van der Waals surface area contributed by atoms with Crippen LogP contribution < -0.4 is 10.6 Å². The van der Waals surface area contributed by atoms with E-state index in [0.29, 0.717) is 6.54 Å². The van der Waals surface area contributed by atoms with Crippen LogP contribution in [0.2, 0.25) is 0 Å². The summed E-state index contributed by atoms with van der Waals surface area (Å²) in [6, 6.07) is 2.35. The SMILES string of the molecule is O=C(NCCNC(=O)C1CC1)c1ccc([N+](=O)[O-])o1. The second-order valence-corrected chi connectivity index (χ2v) is 4.22. The fraction of sp³-hybridized carbons (Fsp3) is 0.455. The first-order valence-corrected chi connectivity index (χ1v) is 5.88. The minimum atomic E-state index is -0.716. The third-order valence-electron chi connectivity index (χ3n) is 2.65. The van der Waals surface area contributed by atoms with Gasteiger partial charge in [-0.2, -0.15) is 0 Å². The highest BCUT2D eigenvalue weighted by molar-refractivity contribution is 5.91. The maximum absolute atomic E-state index is 11.5. The van der Waals surface area contributed by atoms with Crippen molar-refractivity contribution >= 4 is 17.7 Å². The Balaban J connectivity index is 1.71. The average Bonchev–Trinajstić information content (AvgIpc) is 3.10. The second kappa shape index (κ2) is 5.51. The van der Waals surface area contributed by atoms with Gasteiger partial charge in [0.2, 0.25) is 5.91 Å². The summed E-state index contributed by atoms with van der Waals surface area (Å²) in [5, 5.41) is 15.6. The first kappa shape index (κ1) is 13.1. The third-order valence-corrected chi connectivity index (χ3v) is 2.65. The maximum atomic E-state index is 11.5. The summed E-state index contributed by atoms with van der Waals surface area (Å²) in [6.07, 6.45) is 1.85. The summed E-state index contributed by atoms with van der Waals surface area (Å²) in [7, 11) is 0. The van der Waals surface area contributed by atoms with Crippen molar-refractivity contribution in [3.05, 3.63) is 28.0 Å². The molecule has 0 aromatic carbocycles. The number of hydrogen-bond donors (Lipinski definition) is 2. The van der Waals surface area contributed by atoms with Crippen LogP contribution in [0.4, 0.5) is 5.88 Å². The molecule has 0 aliphatic heterocycles. The molecule has 8 heteroatoms. The van der Waals surface area contributed by atoms with Crippen LogP contribution in [-0.2, 0) is 4.79 Å². The monoisotopic (exact) mass is 267 g/mol. The van der Waals surface area contributed by atoms with E-state index >= 15 is 0 Å². The van der Waals surface area contributed by atoms with Gasteiger partial charge in [-0.3, -0.25) is 19.7 Å². The summed E-state index contributed by atoms with van der Waals surface area (Å²) in [5.41, 5.74) is 0. The zero-order valence-electron chi connectivity index (χ0n) is 10.0. The molecule has 19 heavy (non-hydrogen) atoms. The largest absolute Gasteiger partial charge is 0.433 e. The third kappa shape index (κ3) is 3.54. The molecule has 0 bridgehead atoms. The van der Waals surface area contributed by atoms with E-state index < -0.39 is 16.7 Å². The van der Waals surface area contributed by atoms with Crippen molar-refractivity contribution in [2.75, 3.05) is 13.1 Å². The number of carbonyl (C=O) groups is 2. The van der Waals surface area contributed by atoms with Gasteiger partial charge in [0.15, 0.2) is 5.76 Å². The number of rotatable bonds is 6. The molecule has 0 unspecified atom stereocenters. The molecule has 1 aliphatic rings. The Bertz CT molecular complexity index is 506. The van der Waals surface area contributed by atoms with Gasteiger partial charge < -0.3 is 15.1 Å². The van der Waals surface area contributed by atoms with Crippen molar-refractivity contribution < 1.29 is 18.9 Å². The molecule has 1 aromatic heterocycles. The number of amides is 2. The number of nitrogens with one attached hydrogen (secondary N) is 2. The Morgan fingerprint density at radius 2 is 2.00 bits per heavy atom. The van der Waals surface area contributed by atoms with E-state index in [0.717, 1.165) is 18.9 Å². The molecule has 8 nitrogen and oxygen atoms in total. The molecule has 2 rings (SSSR count). The normalized spacial score (nSPS) is 13.9. The summed E-state index contributed by atoms with van der Waals surface area (Å²) < 4.78 is 4.73. The van der Waals surface area contributed by atoms with Gasteiger partial charge in [0.05, 0.1) is 6.07 Å². The molecule has 2 amide bonds. The van der Waals surface area contributed by atoms with Crippen LogP contribution in [0.25, 0.3) is 0 Å². The summed E-state index contributed by atoms with van der Waals surface area (Å²) in [5.74, 6) is -1.02. The van der Waals surface area contributed by atoms with Gasteiger partial charge >= 0.3 is 5.88 Å². The Labute approximate surface area is 108 Å². The fourth-order valence-electron chi connectivity index (χ4n) is 1.49. The highest BCUT2D eigenvalue weighted by Crippen LogP contribution is 2.28. The Hall–Kier alpha value is -2.38. The van der Waals surface area contributed by atoms with Crippen LogP contribution in [0, 0.1) is 16.0 Å². The zero-order valence-corrected chi connectivity index (χ0v) is 10.0. The van der Waals surface area contributed by atoms with Gasteiger partial charge in [0.1, 0.15) is 4.92 Å². The molecule has 1 aromatic rings. The number of hydrogen-bond acceptors (Lipinski definition) is 5. The molecule has 0 saturated heterocycles. The van der Waals surface area contributed by atoms with E-state index in [9.17, 15) is 19.7 Å². The number of nitro groups is 1. The van der Waals surface area contributed by atoms with Crippen LogP contribution in [0.3, 0.4) is 0 Å². The molecule has 0 spiro atoms. The lowest BCUT2D eigenvalue weighted by Crippen LogP contribution is -2.35. The van der Waals surface area contributed by atoms with Gasteiger partial charge in [0, 0.05) is 19.0 Å². The van der Waals surface area contributed by atoms with Crippen molar-refractivity contribution in [2.45, 2.75) is 12.8 Å². The van der Waals surface area contributed by atoms with E-state index in [-0.39, 0.29) is 24.1 Å². The molecule has 2 N–H and O–H groups in total. The highest BCUT2D eigenvalue weighted by Gasteiger charge is 2.29.